The van der Waals surface area contributed by atoms with E-state index >= 15 is 0 Å². The molecule has 0 atom stereocenters. The molecule has 5 nitrogen and oxygen atoms in total. The lowest BCUT2D eigenvalue weighted by molar-refractivity contribution is 0.673. The fourth-order valence-corrected chi connectivity index (χ4v) is 9.35. The predicted octanol–water partition coefficient (Wildman–Crippen LogP) is 12.8. The van der Waals surface area contributed by atoms with Crippen molar-refractivity contribution in [1.82, 2.24) is 9.13 Å². The number of nitriles is 2. The van der Waals surface area contributed by atoms with E-state index in [1.54, 1.807) is 0 Å². The van der Waals surface area contributed by atoms with Crippen LogP contribution in [0.4, 0.5) is 0 Å². The van der Waals surface area contributed by atoms with Crippen LogP contribution in [0.1, 0.15) is 22.3 Å². The van der Waals surface area contributed by atoms with Gasteiger partial charge in [0.1, 0.15) is 11.2 Å². The van der Waals surface area contributed by atoms with Crippen LogP contribution in [0.2, 0.25) is 0 Å². The Labute approximate surface area is 320 Å². The minimum Gasteiger partial charge on any atom is -0.455 e. The maximum absolute atomic E-state index is 10.4. The number of hydrogen-bond donors (Lipinski definition) is 0. The van der Waals surface area contributed by atoms with Gasteiger partial charge in [-0.15, -0.1) is 0 Å². The normalized spacial score (nSPS) is 12.2. The fourth-order valence-electron chi connectivity index (χ4n) is 9.35. The number of rotatable bonds is 3. The van der Waals surface area contributed by atoms with Crippen LogP contribution in [0.15, 0.2) is 162 Å². The van der Waals surface area contributed by atoms with Gasteiger partial charge in [-0.05, 0) is 107 Å². The Morgan fingerprint density at radius 2 is 1.23 bits per heavy atom. The Kier molecular flexibility index (Phi) is 6.18. The summed E-state index contributed by atoms with van der Waals surface area (Å²) in [5, 5.41) is 26.7. The Hall–Kier alpha value is -7.86. The lowest BCUT2D eigenvalue weighted by Gasteiger charge is -2.14. The average molecular weight is 713 g/mol. The first-order valence-electron chi connectivity index (χ1n) is 18.7. The summed E-state index contributed by atoms with van der Waals surface area (Å²) in [4.78, 5) is 0. The van der Waals surface area contributed by atoms with E-state index in [-0.39, 0.29) is 0 Å². The second kappa shape index (κ2) is 11.3. The van der Waals surface area contributed by atoms with E-state index in [4.69, 9.17) is 4.42 Å². The average Bonchev–Trinajstić information content (AvgIpc) is 4.00. The maximum Gasteiger partial charge on any atom is 0.145 e. The highest BCUT2D eigenvalue weighted by molar-refractivity contribution is 6.24. The molecular formula is C51H28N4O. The zero-order valence-corrected chi connectivity index (χ0v) is 29.9. The molecule has 0 radical (unpaired) electrons. The number of furan rings is 1. The second-order valence-electron chi connectivity index (χ2n) is 14.7. The maximum atomic E-state index is 10.4. The zero-order chi connectivity index (χ0) is 37.1. The summed E-state index contributed by atoms with van der Waals surface area (Å²) in [7, 11) is 0. The van der Waals surface area contributed by atoms with Crippen LogP contribution in [0.5, 0.6) is 0 Å². The topological polar surface area (TPSA) is 70.6 Å². The number of para-hydroxylation sites is 2. The Morgan fingerprint density at radius 1 is 0.482 bits per heavy atom. The molecule has 0 unspecified atom stereocenters. The first-order valence-corrected chi connectivity index (χ1v) is 18.7. The first-order chi connectivity index (χ1) is 27.7. The van der Waals surface area contributed by atoms with Gasteiger partial charge in [0.25, 0.3) is 0 Å². The molecule has 3 aromatic heterocycles. The van der Waals surface area contributed by atoms with E-state index < -0.39 is 0 Å². The van der Waals surface area contributed by atoms with Crippen molar-refractivity contribution in [2.24, 2.45) is 0 Å². The number of nitrogens with zero attached hydrogens (tertiary/aromatic N) is 4. The highest BCUT2D eigenvalue weighted by atomic mass is 16.3. The minimum absolute atomic E-state index is 0.562. The molecule has 0 fully saturated rings. The molecular weight excluding hydrogens is 685 g/mol. The molecule has 1 aliphatic carbocycles. The van der Waals surface area contributed by atoms with Gasteiger partial charge >= 0.3 is 0 Å². The molecule has 0 aliphatic heterocycles. The summed E-state index contributed by atoms with van der Waals surface area (Å²) in [6, 6.07) is 59.6. The standard InChI is InChI=1S/C51H28N4O/c52-28-30-13-21-45-43(25-30)49-46(22-20-42-40-10-4-6-12-47(40)56-51(42)49)54(45)37-24-31(29-53)23-35(27-37)32-14-17-36(18-15-32)55-44-11-5-3-9-39(44)41-19-16-34-26-33-7-1-2-8-38(33)48(34)50(41)55/h1-25,27H,26H2. The molecule has 3 heterocycles. The van der Waals surface area contributed by atoms with Crippen LogP contribution in [0.3, 0.4) is 0 Å². The number of hydrogen-bond acceptors (Lipinski definition) is 3. The van der Waals surface area contributed by atoms with Crippen LogP contribution < -0.4 is 0 Å². The summed E-state index contributed by atoms with van der Waals surface area (Å²) in [5.41, 5.74) is 16.3. The van der Waals surface area contributed by atoms with Crippen LogP contribution >= 0.6 is 0 Å². The molecule has 5 heteroatoms. The van der Waals surface area contributed by atoms with E-state index in [1.165, 1.54) is 44.1 Å². The van der Waals surface area contributed by atoms with E-state index in [1.807, 2.05) is 48.5 Å². The van der Waals surface area contributed by atoms with Crippen LogP contribution in [0.25, 0.3) is 99.2 Å². The van der Waals surface area contributed by atoms with E-state index in [9.17, 15) is 10.5 Å². The van der Waals surface area contributed by atoms with Crippen molar-refractivity contribution in [3.05, 3.63) is 180 Å². The summed E-state index contributed by atoms with van der Waals surface area (Å²) in [6.07, 6.45) is 0.939. The van der Waals surface area contributed by atoms with Gasteiger partial charge in [-0.3, -0.25) is 0 Å². The summed E-state index contributed by atoms with van der Waals surface area (Å²) in [5.74, 6) is 0. The van der Waals surface area contributed by atoms with E-state index in [2.05, 4.69) is 130 Å². The molecule has 0 bridgehead atoms. The quantitative estimate of drug-likeness (QED) is 0.183. The smallest absolute Gasteiger partial charge is 0.145 e. The van der Waals surface area contributed by atoms with E-state index in [0.29, 0.717) is 11.1 Å². The highest BCUT2D eigenvalue weighted by Crippen LogP contribution is 2.46. The minimum atomic E-state index is 0.562. The number of benzene rings is 8. The van der Waals surface area contributed by atoms with Gasteiger partial charge in [-0.25, -0.2) is 0 Å². The van der Waals surface area contributed by atoms with Gasteiger partial charge in [0.05, 0.1) is 50.7 Å². The monoisotopic (exact) mass is 712 g/mol. The van der Waals surface area contributed by atoms with Crippen molar-refractivity contribution < 1.29 is 4.42 Å². The Balaban J connectivity index is 1.05. The van der Waals surface area contributed by atoms with Gasteiger partial charge in [0, 0.05) is 43.9 Å². The van der Waals surface area contributed by atoms with E-state index in [0.717, 1.165) is 72.7 Å². The predicted molar refractivity (Wildman–Crippen MR) is 226 cm³/mol. The van der Waals surface area contributed by atoms with Gasteiger partial charge in [0.15, 0.2) is 0 Å². The van der Waals surface area contributed by atoms with Crippen molar-refractivity contribution in [1.29, 1.82) is 10.5 Å². The lowest BCUT2D eigenvalue weighted by Crippen LogP contribution is -1.97. The molecule has 0 N–H and O–H groups in total. The molecule has 12 rings (SSSR count). The Bertz CT molecular complexity index is 3580. The van der Waals surface area contributed by atoms with Crippen molar-refractivity contribution in [2.75, 3.05) is 0 Å². The molecule has 0 saturated carbocycles. The first kappa shape index (κ1) is 30.6. The third-order valence-electron chi connectivity index (χ3n) is 11.8. The summed E-state index contributed by atoms with van der Waals surface area (Å²) < 4.78 is 11.1. The summed E-state index contributed by atoms with van der Waals surface area (Å²) >= 11 is 0. The molecule has 1 aliphatic rings. The lowest BCUT2D eigenvalue weighted by atomic mass is 10.0. The van der Waals surface area contributed by atoms with Gasteiger partial charge in [-0.2, -0.15) is 10.5 Å². The SMILES string of the molecule is N#Cc1cc(-c2ccc(-n3c4ccccc4c4ccc5c(c43)-c3ccccc3C5)cc2)cc(-n2c3ccc(C#N)cc3c3c4oc5ccccc5c4ccc32)c1. The van der Waals surface area contributed by atoms with Gasteiger partial charge in [-0.1, -0.05) is 84.9 Å². The highest BCUT2D eigenvalue weighted by Gasteiger charge is 2.25. The molecule has 0 amide bonds. The molecule has 56 heavy (non-hydrogen) atoms. The van der Waals surface area contributed by atoms with Crippen LogP contribution in [-0.2, 0) is 6.42 Å². The molecule has 0 spiro atoms. The third kappa shape index (κ3) is 4.17. The van der Waals surface area contributed by atoms with Gasteiger partial charge < -0.3 is 13.6 Å². The fraction of sp³-hybridized carbons (Fsp3) is 0.0196. The molecule has 8 aromatic carbocycles. The third-order valence-corrected chi connectivity index (χ3v) is 11.8. The van der Waals surface area contributed by atoms with Crippen molar-refractivity contribution in [3.63, 3.8) is 0 Å². The van der Waals surface area contributed by atoms with Crippen molar-refractivity contribution in [3.8, 4) is 45.8 Å². The number of fused-ring (bicyclic) bond motifs is 14. The van der Waals surface area contributed by atoms with Crippen LogP contribution in [0, 0.1) is 22.7 Å². The largest absolute Gasteiger partial charge is 0.455 e. The summed E-state index contributed by atoms with van der Waals surface area (Å²) in [6.45, 7) is 0. The van der Waals surface area contributed by atoms with Crippen molar-refractivity contribution in [2.45, 2.75) is 6.42 Å². The van der Waals surface area contributed by atoms with Crippen LogP contribution in [-0.4, -0.2) is 9.13 Å². The van der Waals surface area contributed by atoms with Gasteiger partial charge in [0.2, 0.25) is 0 Å². The Morgan fingerprint density at radius 3 is 2.11 bits per heavy atom. The zero-order valence-electron chi connectivity index (χ0n) is 29.9. The second-order valence-corrected chi connectivity index (χ2v) is 14.7. The van der Waals surface area contributed by atoms with Crippen molar-refractivity contribution >= 4 is 65.6 Å². The molecule has 0 saturated heterocycles. The number of aromatic nitrogens is 2. The molecule has 11 aromatic rings. The molecule has 258 valence electrons.